The van der Waals surface area contributed by atoms with Crippen molar-refractivity contribution >= 4 is 5.82 Å². The van der Waals surface area contributed by atoms with Gasteiger partial charge in [0.2, 0.25) is 0 Å². The van der Waals surface area contributed by atoms with Crippen LogP contribution < -0.4 is 11.4 Å². The van der Waals surface area contributed by atoms with E-state index in [9.17, 15) is 15.0 Å². The zero-order valence-corrected chi connectivity index (χ0v) is 9.69. The number of ether oxygens (including phenoxy) is 1. The highest BCUT2D eigenvalue weighted by Gasteiger charge is 2.46. The Balaban J connectivity index is 2.32. The molecule has 0 radical (unpaired) electrons. The summed E-state index contributed by atoms with van der Waals surface area (Å²) in [5.74, 6) is 0.118. The van der Waals surface area contributed by atoms with Crippen LogP contribution in [-0.4, -0.2) is 38.1 Å². The Morgan fingerprint density at radius 3 is 3.00 bits per heavy atom. The molecule has 1 fully saturated rings. The number of aliphatic hydroxyl groups excluding tert-OH is 2. The summed E-state index contributed by atoms with van der Waals surface area (Å²) in [5, 5.41) is 19.2. The molecule has 7 nitrogen and oxygen atoms in total. The lowest BCUT2D eigenvalue weighted by Crippen LogP contribution is -2.41. The fourth-order valence-electron chi connectivity index (χ4n) is 1.98. The summed E-state index contributed by atoms with van der Waals surface area (Å²) in [4.78, 5) is 15.2. The van der Waals surface area contributed by atoms with E-state index in [2.05, 4.69) is 11.6 Å². The average Bonchev–Trinajstić information content (AvgIpc) is 2.67. The van der Waals surface area contributed by atoms with E-state index in [-0.39, 0.29) is 12.2 Å². The molecule has 2 rings (SSSR count). The van der Waals surface area contributed by atoms with Crippen LogP contribution in [0.1, 0.15) is 12.6 Å². The second kappa shape index (κ2) is 4.52. The van der Waals surface area contributed by atoms with Crippen molar-refractivity contribution in [2.24, 2.45) is 0 Å². The molecule has 4 N–H and O–H groups in total. The van der Waals surface area contributed by atoms with Crippen molar-refractivity contribution in [3.05, 3.63) is 35.4 Å². The molecule has 0 spiro atoms. The number of hydrogen-bond donors (Lipinski definition) is 3. The summed E-state index contributed by atoms with van der Waals surface area (Å²) in [7, 11) is 0. The molecular formula is C11H15N3O4. The van der Waals surface area contributed by atoms with Crippen LogP contribution in [-0.2, 0) is 4.74 Å². The van der Waals surface area contributed by atoms with Gasteiger partial charge in [-0.15, -0.1) is 6.58 Å². The molecule has 0 aliphatic carbocycles. The summed E-state index contributed by atoms with van der Waals surface area (Å²) >= 11 is 0. The highest BCUT2D eigenvalue weighted by atomic mass is 16.6. The average molecular weight is 253 g/mol. The Morgan fingerprint density at radius 2 is 2.50 bits per heavy atom. The summed E-state index contributed by atoms with van der Waals surface area (Å²) in [6.07, 6.45) is 1.31. The lowest BCUT2D eigenvalue weighted by Gasteiger charge is -2.26. The molecule has 0 unspecified atom stereocenters. The van der Waals surface area contributed by atoms with Crippen LogP contribution in [0.15, 0.2) is 29.7 Å². The van der Waals surface area contributed by atoms with E-state index in [0.717, 1.165) is 0 Å². The van der Waals surface area contributed by atoms with Gasteiger partial charge in [0.25, 0.3) is 0 Å². The van der Waals surface area contributed by atoms with Gasteiger partial charge in [-0.1, -0.05) is 6.08 Å². The quantitative estimate of drug-likeness (QED) is 0.597. The van der Waals surface area contributed by atoms with Gasteiger partial charge in [-0.2, -0.15) is 4.98 Å². The van der Waals surface area contributed by atoms with Gasteiger partial charge in [0.05, 0.1) is 12.7 Å². The van der Waals surface area contributed by atoms with Crippen molar-refractivity contribution in [3.63, 3.8) is 0 Å². The molecule has 98 valence electrons. The van der Waals surface area contributed by atoms with Gasteiger partial charge in [0.15, 0.2) is 0 Å². The normalized spacial score (nSPS) is 31.4. The van der Waals surface area contributed by atoms with Crippen molar-refractivity contribution in [1.29, 1.82) is 0 Å². The SMILES string of the molecule is C=C[C@]1(CO)O[C@H](n2ccc(N)nc2=O)C[C@@H]1O. The summed E-state index contributed by atoms with van der Waals surface area (Å²) in [6.45, 7) is 3.12. The number of aliphatic hydroxyl groups is 2. The van der Waals surface area contributed by atoms with Crippen LogP contribution in [0.5, 0.6) is 0 Å². The highest BCUT2D eigenvalue weighted by Crippen LogP contribution is 2.36. The molecule has 1 aromatic heterocycles. The minimum atomic E-state index is -1.24. The number of hydrogen-bond acceptors (Lipinski definition) is 6. The standard InChI is InChI=1S/C11H15N3O4/c1-2-11(6-15)7(16)5-9(18-11)14-4-3-8(12)13-10(14)17/h2-4,7,9,15-16H,1,5-6H2,(H2,12,13,17)/t7-,9-,11+/m0/s1. The number of aromatic nitrogens is 2. The molecule has 0 bridgehead atoms. The van der Waals surface area contributed by atoms with Crippen molar-refractivity contribution in [2.45, 2.75) is 24.4 Å². The summed E-state index contributed by atoms with van der Waals surface area (Å²) in [5.41, 5.74) is 3.58. The molecule has 1 aliphatic rings. The topological polar surface area (TPSA) is 111 Å². The molecule has 18 heavy (non-hydrogen) atoms. The van der Waals surface area contributed by atoms with Gasteiger partial charge in [0, 0.05) is 12.6 Å². The third-order valence-electron chi connectivity index (χ3n) is 3.10. The van der Waals surface area contributed by atoms with E-state index in [1.54, 1.807) is 0 Å². The Bertz CT molecular complexity index is 515. The summed E-state index contributed by atoms with van der Waals surface area (Å²) in [6, 6.07) is 1.46. The van der Waals surface area contributed by atoms with E-state index >= 15 is 0 Å². The van der Waals surface area contributed by atoms with E-state index in [1.165, 1.54) is 22.9 Å². The van der Waals surface area contributed by atoms with Crippen molar-refractivity contribution < 1.29 is 14.9 Å². The number of rotatable bonds is 3. The maximum Gasteiger partial charge on any atom is 0.351 e. The first-order valence-electron chi connectivity index (χ1n) is 5.47. The molecule has 2 heterocycles. The van der Waals surface area contributed by atoms with Crippen LogP contribution in [0.3, 0.4) is 0 Å². The largest absolute Gasteiger partial charge is 0.393 e. The highest BCUT2D eigenvalue weighted by molar-refractivity contribution is 5.23. The molecule has 0 aromatic carbocycles. The molecule has 1 aromatic rings. The lowest BCUT2D eigenvalue weighted by atomic mass is 9.98. The van der Waals surface area contributed by atoms with Crippen LogP contribution >= 0.6 is 0 Å². The third-order valence-corrected chi connectivity index (χ3v) is 3.10. The van der Waals surface area contributed by atoms with Crippen LogP contribution in [0.2, 0.25) is 0 Å². The molecule has 0 saturated carbocycles. The molecule has 7 heteroatoms. The van der Waals surface area contributed by atoms with E-state index in [1.807, 2.05) is 0 Å². The Labute approximate surface area is 103 Å². The third kappa shape index (κ3) is 1.92. The second-order valence-corrected chi connectivity index (χ2v) is 4.18. The van der Waals surface area contributed by atoms with Crippen LogP contribution in [0, 0.1) is 0 Å². The Morgan fingerprint density at radius 1 is 1.78 bits per heavy atom. The maximum absolute atomic E-state index is 11.6. The maximum atomic E-state index is 11.6. The van der Waals surface area contributed by atoms with Gasteiger partial charge < -0.3 is 20.7 Å². The molecular weight excluding hydrogens is 238 g/mol. The first-order valence-corrected chi connectivity index (χ1v) is 5.47. The van der Waals surface area contributed by atoms with E-state index in [4.69, 9.17) is 10.5 Å². The Hall–Kier alpha value is -1.70. The van der Waals surface area contributed by atoms with Crippen LogP contribution in [0.25, 0.3) is 0 Å². The number of nitrogen functional groups attached to an aromatic ring is 1. The Kier molecular flexibility index (Phi) is 3.20. The molecule has 3 atom stereocenters. The predicted molar refractivity (Wildman–Crippen MR) is 63.7 cm³/mol. The predicted octanol–water partition coefficient (Wildman–Crippen LogP) is -0.978. The van der Waals surface area contributed by atoms with Gasteiger partial charge >= 0.3 is 5.69 Å². The van der Waals surface area contributed by atoms with Gasteiger partial charge in [-0.25, -0.2) is 4.79 Å². The second-order valence-electron chi connectivity index (χ2n) is 4.18. The minimum Gasteiger partial charge on any atom is -0.393 e. The molecule has 0 amide bonds. The minimum absolute atomic E-state index is 0.118. The van der Waals surface area contributed by atoms with Gasteiger partial charge in [-0.05, 0) is 6.07 Å². The lowest BCUT2D eigenvalue weighted by molar-refractivity contribution is -0.0973. The smallest absolute Gasteiger partial charge is 0.351 e. The zero-order valence-electron chi connectivity index (χ0n) is 9.69. The van der Waals surface area contributed by atoms with Crippen LogP contribution in [0.4, 0.5) is 5.82 Å². The van der Waals surface area contributed by atoms with Gasteiger partial charge in [-0.3, -0.25) is 4.57 Å². The van der Waals surface area contributed by atoms with Crippen molar-refractivity contribution in [3.8, 4) is 0 Å². The molecule has 1 saturated heterocycles. The molecule has 1 aliphatic heterocycles. The van der Waals surface area contributed by atoms with Crippen molar-refractivity contribution in [2.75, 3.05) is 12.3 Å². The van der Waals surface area contributed by atoms with Crippen molar-refractivity contribution in [1.82, 2.24) is 9.55 Å². The zero-order chi connectivity index (χ0) is 13.3. The number of nitrogens with zero attached hydrogens (tertiary/aromatic N) is 2. The van der Waals surface area contributed by atoms with E-state index in [0.29, 0.717) is 0 Å². The number of anilines is 1. The number of nitrogens with two attached hydrogens (primary N) is 1. The fraction of sp³-hybridized carbons (Fsp3) is 0.455. The van der Waals surface area contributed by atoms with E-state index < -0.39 is 30.2 Å². The summed E-state index contributed by atoms with van der Waals surface area (Å²) < 4.78 is 6.75. The first-order chi connectivity index (χ1) is 8.52. The fourth-order valence-corrected chi connectivity index (χ4v) is 1.98. The van der Waals surface area contributed by atoms with Gasteiger partial charge in [0.1, 0.15) is 17.6 Å². The first kappa shape index (κ1) is 12.7. The monoisotopic (exact) mass is 253 g/mol.